The number of carbonyl (C=O) groups excluding carboxylic acids is 2. The minimum absolute atomic E-state index is 0.0656. The monoisotopic (exact) mass is 316 g/mol. The van der Waals surface area contributed by atoms with E-state index in [-0.39, 0.29) is 31.8 Å². The summed E-state index contributed by atoms with van der Waals surface area (Å²) < 4.78 is 9.94. The highest BCUT2D eigenvalue weighted by molar-refractivity contribution is 5.77. The molecule has 0 atom stereocenters. The van der Waals surface area contributed by atoms with Gasteiger partial charge >= 0.3 is 11.9 Å². The molecular formula is C16H28O6. The van der Waals surface area contributed by atoms with Crippen LogP contribution >= 0.6 is 0 Å². The smallest absolute Gasteiger partial charge is 0.366 e. The largest absolute Gasteiger partial charge is 0.466 e. The van der Waals surface area contributed by atoms with Crippen molar-refractivity contribution in [2.24, 2.45) is 0 Å². The maximum atomic E-state index is 11.6. The fourth-order valence-corrected chi connectivity index (χ4v) is 2.38. The van der Waals surface area contributed by atoms with Gasteiger partial charge in [-0.1, -0.05) is 38.5 Å². The second-order valence-electron chi connectivity index (χ2n) is 5.85. The number of hydrogen-bond acceptors (Lipinski definition) is 6. The van der Waals surface area contributed by atoms with Gasteiger partial charge in [-0.3, -0.25) is 4.79 Å². The molecule has 1 saturated heterocycles. The van der Waals surface area contributed by atoms with Crippen LogP contribution in [0.25, 0.3) is 0 Å². The third kappa shape index (κ3) is 8.34. The van der Waals surface area contributed by atoms with Gasteiger partial charge in [-0.2, -0.15) is 0 Å². The van der Waals surface area contributed by atoms with E-state index in [2.05, 4.69) is 0 Å². The third-order valence-corrected chi connectivity index (χ3v) is 3.77. The first kappa shape index (κ1) is 18.9. The van der Waals surface area contributed by atoms with Crippen LogP contribution in [-0.4, -0.2) is 41.2 Å². The highest BCUT2D eigenvalue weighted by Gasteiger charge is 2.34. The maximum Gasteiger partial charge on any atom is 0.366 e. The Hall–Kier alpha value is -1.14. The quantitative estimate of drug-likeness (QED) is 0.525. The molecule has 0 radical (unpaired) electrons. The summed E-state index contributed by atoms with van der Waals surface area (Å²) in [4.78, 5) is 23.0. The van der Waals surface area contributed by atoms with Crippen LogP contribution in [0.15, 0.2) is 0 Å². The van der Waals surface area contributed by atoms with Crippen molar-refractivity contribution in [1.82, 2.24) is 0 Å². The molecule has 0 aromatic rings. The molecule has 0 unspecified atom stereocenters. The molecule has 0 spiro atoms. The number of ether oxygens (including phenoxy) is 2. The number of esters is 2. The second-order valence-corrected chi connectivity index (χ2v) is 5.85. The van der Waals surface area contributed by atoms with E-state index in [1.165, 1.54) is 0 Å². The van der Waals surface area contributed by atoms with Gasteiger partial charge in [0.25, 0.3) is 5.79 Å². The molecule has 0 aliphatic carbocycles. The van der Waals surface area contributed by atoms with E-state index < -0.39 is 11.8 Å². The van der Waals surface area contributed by atoms with Crippen LogP contribution in [0.1, 0.15) is 70.6 Å². The fraction of sp³-hybridized carbons (Fsp3) is 0.875. The maximum absolute atomic E-state index is 11.6. The lowest BCUT2D eigenvalue weighted by atomic mass is 10.1. The predicted molar refractivity (Wildman–Crippen MR) is 79.9 cm³/mol. The van der Waals surface area contributed by atoms with E-state index in [1.54, 1.807) is 0 Å². The van der Waals surface area contributed by atoms with Crippen LogP contribution in [0.4, 0.5) is 0 Å². The second kappa shape index (κ2) is 10.6. The van der Waals surface area contributed by atoms with Gasteiger partial charge in [-0.15, -0.1) is 0 Å². The zero-order valence-corrected chi connectivity index (χ0v) is 13.2. The minimum Gasteiger partial charge on any atom is -0.466 e. The van der Waals surface area contributed by atoms with Crippen LogP contribution in [0, 0.1) is 0 Å². The Balaban J connectivity index is 2.40. The van der Waals surface area contributed by atoms with E-state index in [0.717, 1.165) is 51.4 Å². The molecule has 6 heteroatoms. The minimum atomic E-state index is -2.52. The third-order valence-electron chi connectivity index (χ3n) is 3.77. The van der Waals surface area contributed by atoms with Crippen molar-refractivity contribution in [1.29, 1.82) is 0 Å². The first-order valence-electron chi connectivity index (χ1n) is 8.30. The first-order valence-corrected chi connectivity index (χ1v) is 8.30. The first-order chi connectivity index (χ1) is 10.5. The van der Waals surface area contributed by atoms with Crippen molar-refractivity contribution in [2.75, 3.05) is 13.2 Å². The molecule has 0 bridgehead atoms. The molecule has 6 nitrogen and oxygen atoms in total. The van der Waals surface area contributed by atoms with Gasteiger partial charge in [-0.05, 0) is 19.3 Å². The summed E-state index contributed by atoms with van der Waals surface area (Å²) in [6, 6.07) is 0. The summed E-state index contributed by atoms with van der Waals surface area (Å²) in [6.07, 6.45) is 8.13. The Morgan fingerprint density at radius 1 is 0.727 bits per heavy atom. The van der Waals surface area contributed by atoms with Crippen molar-refractivity contribution in [3.8, 4) is 0 Å². The lowest BCUT2D eigenvalue weighted by Crippen LogP contribution is -2.40. The number of hydrogen-bond donors (Lipinski definition) is 2. The van der Waals surface area contributed by atoms with Crippen molar-refractivity contribution in [3.63, 3.8) is 0 Å². The van der Waals surface area contributed by atoms with Gasteiger partial charge in [0.1, 0.15) is 0 Å². The average molecular weight is 316 g/mol. The van der Waals surface area contributed by atoms with Gasteiger partial charge < -0.3 is 19.7 Å². The molecule has 1 aliphatic rings. The van der Waals surface area contributed by atoms with Gasteiger partial charge in [0.15, 0.2) is 0 Å². The number of rotatable bonds is 0. The summed E-state index contributed by atoms with van der Waals surface area (Å²) in [6.45, 7) is 0.605. The summed E-state index contributed by atoms with van der Waals surface area (Å²) in [5.74, 6) is -3.93. The normalized spacial score (nSPS) is 23.7. The van der Waals surface area contributed by atoms with E-state index in [9.17, 15) is 19.8 Å². The highest BCUT2D eigenvalue weighted by Crippen LogP contribution is 2.15. The predicted octanol–water partition coefficient (Wildman–Crippen LogP) is 2.06. The van der Waals surface area contributed by atoms with Crippen molar-refractivity contribution < 1.29 is 29.3 Å². The van der Waals surface area contributed by atoms with Gasteiger partial charge in [-0.25, -0.2) is 4.79 Å². The Morgan fingerprint density at radius 3 is 1.82 bits per heavy atom. The summed E-state index contributed by atoms with van der Waals surface area (Å²) in [5, 5.41) is 19.3. The van der Waals surface area contributed by atoms with E-state index in [4.69, 9.17) is 9.47 Å². The molecule has 1 aliphatic heterocycles. The average Bonchev–Trinajstić information content (AvgIpc) is 2.47. The van der Waals surface area contributed by atoms with Crippen molar-refractivity contribution >= 4 is 11.9 Å². The highest BCUT2D eigenvalue weighted by atomic mass is 16.6. The zero-order chi connectivity index (χ0) is 16.3. The molecule has 0 aromatic carbocycles. The molecule has 0 saturated carbocycles. The topological polar surface area (TPSA) is 93.1 Å². The Morgan fingerprint density at radius 2 is 1.23 bits per heavy atom. The lowest BCUT2D eigenvalue weighted by Gasteiger charge is -2.19. The molecule has 0 aromatic heterocycles. The zero-order valence-electron chi connectivity index (χ0n) is 13.2. The fourth-order valence-electron chi connectivity index (χ4n) is 2.38. The summed E-state index contributed by atoms with van der Waals surface area (Å²) in [7, 11) is 0. The Labute approximate surface area is 131 Å². The van der Waals surface area contributed by atoms with Gasteiger partial charge in [0.2, 0.25) is 0 Å². The van der Waals surface area contributed by atoms with Crippen LogP contribution in [0.2, 0.25) is 0 Å². The van der Waals surface area contributed by atoms with E-state index >= 15 is 0 Å². The van der Waals surface area contributed by atoms with E-state index in [1.807, 2.05) is 0 Å². The molecule has 22 heavy (non-hydrogen) atoms. The summed E-state index contributed by atoms with van der Waals surface area (Å²) in [5.41, 5.74) is 0. The van der Waals surface area contributed by atoms with Gasteiger partial charge in [0, 0.05) is 12.8 Å². The molecule has 0 amide bonds. The molecule has 1 rings (SSSR count). The Bertz CT molecular complexity index is 340. The Kier molecular flexibility index (Phi) is 9.08. The molecule has 1 fully saturated rings. The van der Waals surface area contributed by atoms with E-state index in [0.29, 0.717) is 6.61 Å². The van der Waals surface area contributed by atoms with Crippen LogP contribution in [0.5, 0.6) is 0 Å². The number of cyclic esters (lactones) is 2. The number of aliphatic hydroxyl groups is 2. The van der Waals surface area contributed by atoms with Crippen molar-refractivity contribution in [2.45, 2.75) is 76.4 Å². The summed E-state index contributed by atoms with van der Waals surface area (Å²) >= 11 is 0. The van der Waals surface area contributed by atoms with Gasteiger partial charge in [0.05, 0.1) is 13.2 Å². The SMILES string of the molecule is O=C1CCCC(O)(O)C(=O)OCCCCCCCCCCO1. The van der Waals surface area contributed by atoms with Crippen molar-refractivity contribution in [3.05, 3.63) is 0 Å². The van der Waals surface area contributed by atoms with Crippen LogP contribution in [-0.2, 0) is 19.1 Å². The number of carbonyl (C=O) groups is 2. The van der Waals surface area contributed by atoms with Crippen LogP contribution < -0.4 is 0 Å². The standard InChI is InChI=1S/C16H28O6/c17-14-10-9-11-16(19,20)15(18)22-13-8-6-4-2-1-3-5-7-12-21-14/h19-20H,1-13H2. The molecule has 128 valence electrons. The van der Waals surface area contributed by atoms with Crippen LogP contribution in [0.3, 0.4) is 0 Å². The lowest BCUT2D eigenvalue weighted by molar-refractivity contribution is -0.212. The molecule has 1 heterocycles. The molecular weight excluding hydrogens is 288 g/mol. The molecule has 2 N–H and O–H groups in total.